The van der Waals surface area contributed by atoms with Crippen LogP contribution in [0.2, 0.25) is 5.02 Å². The predicted octanol–water partition coefficient (Wildman–Crippen LogP) is 6.81. The maximum Gasteiger partial charge on any atom is 0.313 e. The molecule has 5 rings (SSSR count). The van der Waals surface area contributed by atoms with Crippen LogP contribution in [0.1, 0.15) is 49.4 Å². The lowest BCUT2D eigenvalue weighted by Gasteiger charge is -2.22. The molecular formula is C29H24BrClFN5O5. The van der Waals surface area contributed by atoms with Crippen molar-refractivity contribution in [2.24, 2.45) is 5.10 Å². The van der Waals surface area contributed by atoms with Crippen molar-refractivity contribution < 1.29 is 18.8 Å². The smallest absolute Gasteiger partial charge is 0.313 e. The number of hydrogen-bond donors (Lipinski definition) is 1. The molecule has 0 spiro atoms. The fourth-order valence-corrected chi connectivity index (χ4v) is 5.50. The van der Waals surface area contributed by atoms with Crippen LogP contribution in [0, 0.1) is 15.9 Å². The third-order valence-electron chi connectivity index (χ3n) is 6.86. The van der Waals surface area contributed by atoms with E-state index in [-0.39, 0.29) is 33.5 Å². The van der Waals surface area contributed by atoms with E-state index >= 15 is 0 Å². The summed E-state index contributed by atoms with van der Waals surface area (Å²) in [7, 11) is 0. The minimum Gasteiger partial charge on any atom is -0.476 e. The molecular weight excluding hydrogens is 633 g/mol. The molecule has 10 nitrogen and oxygen atoms in total. The van der Waals surface area contributed by atoms with Crippen molar-refractivity contribution in [1.82, 2.24) is 9.66 Å². The van der Waals surface area contributed by atoms with Gasteiger partial charge in [-0.3, -0.25) is 19.7 Å². The summed E-state index contributed by atoms with van der Waals surface area (Å²) in [4.78, 5) is 41.8. The van der Waals surface area contributed by atoms with Crippen LogP contribution in [0.25, 0.3) is 10.9 Å². The highest BCUT2D eigenvalue weighted by Crippen LogP contribution is 2.36. The van der Waals surface area contributed by atoms with Crippen LogP contribution in [0.5, 0.6) is 5.75 Å². The standard InChI is InChI=1S/C29H24BrClFN5O5/c30-19-10-11-23-20(14-19)29(39)36(28(35-23)18-6-2-1-3-7-18)33-15-17-12-21(31)27(25(13-17)37(40)41)42-16-26(38)34-24-9-5-4-8-22(24)32/h4-5,8-15,18H,1-3,6-7,16H2,(H,34,38). The van der Waals surface area contributed by atoms with Crippen molar-refractivity contribution in [1.29, 1.82) is 0 Å². The third-order valence-corrected chi connectivity index (χ3v) is 7.64. The van der Waals surface area contributed by atoms with Crippen LogP contribution in [0.15, 0.2) is 69.0 Å². The first-order chi connectivity index (χ1) is 20.2. The number of ether oxygens (including phenoxy) is 1. The van der Waals surface area contributed by atoms with E-state index in [4.69, 9.17) is 21.3 Å². The fourth-order valence-electron chi connectivity index (χ4n) is 4.87. The summed E-state index contributed by atoms with van der Waals surface area (Å²) in [5.74, 6) is -1.13. The number of fused-ring (bicyclic) bond motifs is 1. The van der Waals surface area contributed by atoms with E-state index in [1.807, 2.05) is 6.07 Å². The second-order valence-corrected chi connectivity index (χ2v) is 11.1. The van der Waals surface area contributed by atoms with Crippen molar-refractivity contribution in [2.75, 3.05) is 11.9 Å². The Hall–Kier alpha value is -4.16. The van der Waals surface area contributed by atoms with Crippen molar-refractivity contribution >= 4 is 61.9 Å². The Kier molecular flexibility index (Phi) is 8.93. The number of nitro benzene ring substituents is 1. The van der Waals surface area contributed by atoms with E-state index in [2.05, 4.69) is 26.3 Å². The zero-order valence-corrected chi connectivity index (χ0v) is 24.4. The monoisotopic (exact) mass is 655 g/mol. The normalized spacial score (nSPS) is 13.9. The first-order valence-corrected chi connectivity index (χ1v) is 14.3. The maximum atomic E-state index is 13.8. The van der Waals surface area contributed by atoms with Gasteiger partial charge in [-0.15, -0.1) is 0 Å². The van der Waals surface area contributed by atoms with Gasteiger partial charge < -0.3 is 10.1 Å². The molecule has 42 heavy (non-hydrogen) atoms. The van der Waals surface area contributed by atoms with Gasteiger partial charge in [-0.05, 0) is 49.2 Å². The zero-order valence-electron chi connectivity index (χ0n) is 22.1. The average Bonchev–Trinajstić information content (AvgIpc) is 2.97. The minimum atomic E-state index is -0.735. The molecule has 0 radical (unpaired) electrons. The van der Waals surface area contributed by atoms with E-state index in [0.29, 0.717) is 16.7 Å². The Morgan fingerprint density at radius 1 is 1.21 bits per heavy atom. The molecule has 1 saturated carbocycles. The summed E-state index contributed by atoms with van der Waals surface area (Å²) in [6.07, 6.45) is 6.20. The van der Waals surface area contributed by atoms with Gasteiger partial charge in [0, 0.05) is 22.0 Å². The molecule has 1 amide bonds. The number of anilines is 1. The van der Waals surface area contributed by atoms with Crippen LogP contribution in [-0.2, 0) is 4.79 Å². The number of nitrogens with zero attached hydrogens (tertiary/aromatic N) is 4. The molecule has 1 N–H and O–H groups in total. The Morgan fingerprint density at radius 3 is 2.71 bits per heavy atom. The summed E-state index contributed by atoms with van der Waals surface area (Å²) < 4.78 is 21.2. The third kappa shape index (κ3) is 6.50. The topological polar surface area (TPSA) is 129 Å². The molecule has 0 unspecified atom stereocenters. The Labute approximate surface area is 252 Å². The Morgan fingerprint density at radius 2 is 1.98 bits per heavy atom. The Balaban J connectivity index is 1.45. The number of carbonyl (C=O) groups excluding carboxylic acids is 1. The molecule has 1 aliphatic carbocycles. The summed E-state index contributed by atoms with van der Waals surface area (Å²) in [5.41, 5.74) is -0.139. The van der Waals surface area contributed by atoms with Gasteiger partial charge in [0.2, 0.25) is 5.75 Å². The lowest BCUT2D eigenvalue weighted by molar-refractivity contribution is -0.385. The molecule has 1 aromatic heterocycles. The van der Waals surface area contributed by atoms with Gasteiger partial charge in [0.25, 0.3) is 11.5 Å². The number of carbonyl (C=O) groups is 1. The predicted molar refractivity (Wildman–Crippen MR) is 161 cm³/mol. The summed E-state index contributed by atoms with van der Waals surface area (Å²) in [5, 5.41) is 18.9. The molecule has 0 atom stereocenters. The van der Waals surface area contributed by atoms with E-state index in [1.165, 1.54) is 41.2 Å². The maximum absolute atomic E-state index is 13.8. The zero-order chi connectivity index (χ0) is 29.8. The molecule has 1 fully saturated rings. The second-order valence-electron chi connectivity index (χ2n) is 9.75. The lowest BCUT2D eigenvalue weighted by Crippen LogP contribution is -2.25. The number of hydrogen-bond acceptors (Lipinski definition) is 7. The molecule has 0 bridgehead atoms. The molecule has 0 aliphatic heterocycles. The summed E-state index contributed by atoms with van der Waals surface area (Å²) >= 11 is 9.73. The first kappa shape index (κ1) is 29.3. The summed E-state index contributed by atoms with van der Waals surface area (Å²) in [6.45, 7) is -0.652. The van der Waals surface area contributed by atoms with Crippen molar-refractivity contribution in [3.05, 3.63) is 102 Å². The van der Waals surface area contributed by atoms with Crippen LogP contribution in [0.3, 0.4) is 0 Å². The molecule has 4 aromatic rings. The van der Waals surface area contributed by atoms with Gasteiger partial charge >= 0.3 is 5.69 Å². The highest BCUT2D eigenvalue weighted by atomic mass is 79.9. The van der Waals surface area contributed by atoms with E-state index in [1.54, 1.807) is 18.2 Å². The van der Waals surface area contributed by atoms with Crippen molar-refractivity contribution in [3.8, 4) is 5.75 Å². The fraction of sp³-hybridized carbons (Fsp3) is 0.241. The molecule has 13 heteroatoms. The molecule has 0 saturated heterocycles. The molecule has 1 heterocycles. The van der Waals surface area contributed by atoms with E-state index in [9.17, 15) is 24.1 Å². The number of nitro groups is 1. The number of nitrogens with one attached hydrogen (secondary N) is 1. The molecule has 3 aromatic carbocycles. The number of para-hydroxylation sites is 1. The van der Waals surface area contributed by atoms with Gasteiger partial charge in [0.05, 0.1) is 32.8 Å². The van der Waals surface area contributed by atoms with Gasteiger partial charge in [0.15, 0.2) is 6.61 Å². The van der Waals surface area contributed by atoms with E-state index in [0.717, 1.165) is 36.6 Å². The highest BCUT2D eigenvalue weighted by Gasteiger charge is 2.24. The number of halogens is 3. The number of rotatable bonds is 8. The van der Waals surface area contributed by atoms with Crippen LogP contribution in [0.4, 0.5) is 15.8 Å². The Bertz CT molecular complexity index is 1770. The number of benzene rings is 3. The van der Waals surface area contributed by atoms with Gasteiger partial charge in [-0.25, -0.2) is 9.37 Å². The van der Waals surface area contributed by atoms with Crippen LogP contribution in [-0.4, -0.2) is 33.3 Å². The van der Waals surface area contributed by atoms with Crippen LogP contribution >= 0.6 is 27.5 Å². The quantitative estimate of drug-likeness (QED) is 0.126. The van der Waals surface area contributed by atoms with Crippen molar-refractivity contribution in [2.45, 2.75) is 38.0 Å². The number of amides is 1. The second kappa shape index (κ2) is 12.8. The van der Waals surface area contributed by atoms with Gasteiger partial charge in [-0.1, -0.05) is 58.9 Å². The van der Waals surface area contributed by atoms with Crippen LogP contribution < -0.4 is 15.6 Å². The molecule has 216 valence electrons. The van der Waals surface area contributed by atoms with Gasteiger partial charge in [-0.2, -0.15) is 9.78 Å². The SMILES string of the molecule is O=C(COc1c(Cl)cc(C=Nn2c(C3CCCCC3)nc3ccc(Br)cc3c2=O)cc1[N+](=O)[O-])Nc1ccccc1F. The largest absolute Gasteiger partial charge is 0.476 e. The average molecular weight is 657 g/mol. The highest BCUT2D eigenvalue weighted by molar-refractivity contribution is 9.10. The lowest BCUT2D eigenvalue weighted by atomic mass is 9.88. The van der Waals surface area contributed by atoms with E-state index < -0.39 is 28.9 Å². The minimum absolute atomic E-state index is 0.0425. The number of aromatic nitrogens is 2. The van der Waals surface area contributed by atoms with Gasteiger partial charge in [0.1, 0.15) is 11.6 Å². The van der Waals surface area contributed by atoms with Crippen molar-refractivity contribution in [3.63, 3.8) is 0 Å². The summed E-state index contributed by atoms with van der Waals surface area (Å²) in [6, 6.07) is 13.4. The first-order valence-electron chi connectivity index (χ1n) is 13.1. The molecule has 1 aliphatic rings.